The molecular formula is C4H10O4S. The molecule has 0 fully saturated rings. The highest BCUT2D eigenvalue weighted by Crippen LogP contribution is 1.92. The minimum Gasteiger partial charge on any atom is -0.381 e. The monoisotopic (exact) mass is 154 g/mol. The number of hydrogen-bond donors (Lipinski definition) is 1. The molecule has 0 rings (SSSR count). The lowest BCUT2D eigenvalue weighted by atomic mass is 10.5. The van der Waals surface area contributed by atoms with Crippen molar-refractivity contribution in [2.75, 3.05) is 12.9 Å². The van der Waals surface area contributed by atoms with E-state index in [1.165, 1.54) is 7.11 Å². The van der Waals surface area contributed by atoms with E-state index in [0.29, 0.717) is 0 Å². The summed E-state index contributed by atoms with van der Waals surface area (Å²) in [5.41, 5.74) is 0. The second-order valence-electron chi connectivity index (χ2n) is 1.79. The maximum Gasteiger partial charge on any atom is 0.267 e. The lowest BCUT2D eigenvalue weighted by molar-refractivity contribution is 0.134. The molecule has 0 saturated heterocycles. The van der Waals surface area contributed by atoms with Gasteiger partial charge in [-0.3, -0.25) is 4.55 Å². The van der Waals surface area contributed by atoms with Gasteiger partial charge in [0.2, 0.25) is 0 Å². The normalized spacial score (nSPS) is 15.4. The molecule has 1 atom stereocenters. The summed E-state index contributed by atoms with van der Waals surface area (Å²) < 4.78 is 33.0. The van der Waals surface area contributed by atoms with E-state index in [4.69, 9.17) is 4.55 Å². The molecule has 0 bridgehead atoms. The van der Waals surface area contributed by atoms with E-state index in [2.05, 4.69) is 4.74 Å². The topological polar surface area (TPSA) is 63.6 Å². The maximum absolute atomic E-state index is 10.1. The third-order valence-electron chi connectivity index (χ3n) is 0.848. The molecule has 9 heavy (non-hydrogen) atoms. The third kappa shape index (κ3) is 5.75. The fourth-order valence-electron chi connectivity index (χ4n) is 0.365. The van der Waals surface area contributed by atoms with Gasteiger partial charge in [0.05, 0.1) is 6.10 Å². The van der Waals surface area contributed by atoms with Gasteiger partial charge in [-0.1, -0.05) is 0 Å². The van der Waals surface area contributed by atoms with Crippen LogP contribution in [-0.2, 0) is 14.9 Å². The molecule has 0 aliphatic carbocycles. The van der Waals surface area contributed by atoms with Crippen LogP contribution >= 0.6 is 0 Å². The number of rotatable bonds is 3. The quantitative estimate of drug-likeness (QED) is 0.577. The molecule has 0 aromatic heterocycles. The van der Waals surface area contributed by atoms with Crippen molar-refractivity contribution < 1.29 is 17.7 Å². The van der Waals surface area contributed by atoms with Crippen molar-refractivity contribution >= 4 is 10.1 Å². The fraction of sp³-hybridized carbons (Fsp3) is 1.00. The van der Waals surface area contributed by atoms with Crippen LogP contribution < -0.4 is 0 Å². The zero-order valence-electron chi connectivity index (χ0n) is 5.36. The molecule has 0 aromatic carbocycles. The van der Waals surface area contributed by atoms with Gasteiger partial charge in [-0.05, 0) is 6.92 Å². The van der Waals surface area contributed by atoms with Crippen LogP contribution in [0.4, 0.5) is 0 Å². The Morgan fingerprint density at radius 1 is 1.67 bits per heavy atom. The highest BCUT2D eigenvalue weighted by Gasteiger charge is 2.09. The number of ether oxygens (including phenoxy) is 1. The highest BCUT2D eigenvalue weighted by molar-refractivity contribution is 7.85. The summed E-state index contributed by atoms with van der Waals surface area (Å²) in [4.78, 5) is 0. The Labute approximate surface area is 54.6 Å². The van der Waals surface area contributed by atoms with Gasteiger partial charge in [-0.2, -0.15) is 8.42 Å². The zero-order chi connectivity index (χ0) is 7.49. The zero-order valence-corrected chi connectivity index (χ0v) is 6.18. The van der Waals surface area contributed by atoms with Crippen LogP contribution in [0.2, 0.25) is 0 Å². The average molecular weight is 154 g/mol. The SMILES string of the molecule is CO[C@@H](C)CS(=O)(=O)O. The summed E-state index contributed by atoms with van der Waals surface area (Å²) in [6.45, 7) is 1.56. The minimum atomic E-state index is -3.86. The van der Waals surface area contributed by atoms with Crippen molar-refractivity contribution in [1.82, 2.24) is 0 Å². The van der Waals surface area contributed by atoms with Gasteiger partial charge in [-0.15, -0.1) is 0 Å². The summed E-state index contributed by atoms with van der Waals surface area (Å²) in [5.74, 6) is -0.344. The van der Waals surface area contributed by atoms with Crippen LogP contribution in [0.5, 0.6) is 0 Å². The van der Waals surface area contributed by atoms with Gasteiger partial charge in [0.1, 0.15) is 5.75 Å². The summed E-state index contributed by atoms with van der Waals surface area (Å²) in [6, 6.07) is 0. The summed E-state index contributed by atoms with van der Waals surface area (Å²) in [7, 11) is -2.48. The number of methoxy groups -OCH3 is 1. The Morgan fingerprint density at radius 3 is 2.22 bits per heavy atom. The molecule has 4 nitrogen and oxygen atoms in total. The van der Waals surface area contributed by atoms with E-state index in [1.54, 1.807) is 6.92 Å². The van der Waals surface area contributed by atoms with Crippen molar-refractivity contribution in [3.63, 3.8) is 0 Å². The van der Waals surface area contributed by atoms with Crippen molar-refractivity contribution in [3.8, 4) is 0 Å². The lowest BCUT2D eigenvalue weighted by Gasteiger charge is -2.04. The average Bonchev–Trinajstić information content (AvgIpc) is 1.62. The molecule has 0 unspecified atom stereocenters. The van der Waals surface area contributed by atoms with Gasteiger partial charge < -0.3 is 4.74 Å². The molecule has 0 amide bonds. The summed E-state index contributed by atoms with van der Waals surface area (Å²) in [6.07, 6.45) is -0.444. The van der Waals surface area contributed by atoms with Gasteiger partial charge >= 0.3 is 0 Å². The molecule has 0 saturated carbocycles. The fourth-order valence-corrected chi connectivity index (χ4v) is 1.09. The largest absolute Gasteiger partial charge is 0.381 e. The third-order valence-corrected chi connectivity index (χ3v) is 1.74. The predicted octanol–water partition coefficient (Wildman–Crippen LogP) is -0.0909. The Balaban J connectivity index is 3.75. The summed E-state index contributed by atoms with van der Waals surface area (Å²) >= 11 is 0. The van der Waals surface area contributed by atoms with Crippen molar-refractivity contribution in [1.29, 1.82) is 0 Å². The maximum atomic E-state index is 10.1. The van der Waals surface area contributed by atoms with Crippen LogP contribution in [0.25, 0.3) is 0 Å². The Hall–Kier alpha value is -0.130. The minimum absolute atomic E-state index is 0.344. The smallest absolute Gasteiger partial charge is 0.267 e. The van der Waals surface area contributed by atoms with Crippen molar-refractivity contribution in [3.05, 3.63) is 0 Å². The molecule has 0 aliphatic rings. The van der Waals surface area contributed by atoms with Crippen LogP contribution in [0, 0.1) is 0 Å². The Morgan fingerprint density at radius 2 is 2.11 bits per heavy atom. The van der Waals surface area contributed by atoms with Crippen LogP contribution in [0.15, 0.2) is 0 Å². The van der Waals surface area contributed by atoms with Crippen LogP contribution in [0.1, 0.15) is 6.92 Å². The first-order chi connectivity index (χ1) is 3.95. The first-order valence-electron chi connectivity index (χ1n) is 2.43. The van der Waals surface area contributed by atoms with E-state index in [9.17, 15) is 8.42 Å². The molecule has 56 valence electrons. The standard InChI is InChI=1S/C4H10O4S/c1-4(8-2)3-9(5,6)7/h4H,3H2,1-2H3,(H,5,6,7)/t4-/m0/s1. The van der Waals surface area contributed by atoms with E-state index in [0.717, 1.165) is 0 Å². The number of hydrogen-bond acceptors (Lipinski definition) is 3. The van der Waals surface area contributed by atoms with Gasteiger partial charge in [-0.25, -0.2) is 0 Å². The molecule has 0 spiro atoms. The van der Waals surface area contributed by atoms with Gasteiger partial charge in [0.25, 0.3) is 10.1 Å². The van der Waals surface area contributed by atoms with Crippen LogP contribution in [0.3, 0.4) is 0 Å². The van der Waals surface area contributed by atoms with Gasteiger partial charge in [0.15, 0.2) is 0 Å². The highest BCUT2D eigenvalue weighted by atomic mass is 32.2. The Bertz CT molecular complexity index is 159. The molecule has 0 aliphatic heterocycles. The first-order valence-corrected chi connectivity index (χ1v) is 4.04. The first kappa shape index (κ1) is 8.87. The molecule has 0 heterocycles. The lowest BCUT2D eigenvalue weighted by Crippen LogP contribution is -2.18. The van der Waals surface area contributed by atoms with E-state index in [1.807, 2.05) is 0 Å². The Kier molecular flexibility index (Phi) is 3.10. The molecule has 5 heteroatoms. The summed E-state index contributed by atoms with van der Waals surface area (Å²) in [5, 5.41) is 0. The van der Waals surface area contributed by atoms with Crippen LogP contribution in [-0.4, -0.2) is 31.9 Å². The molecular weight excluding hydrogens is 144 g/mol. The van der Waals surface area contributed by atoms with Crippen molar-refractivity contribution in [2.24, 2.45) is 0 Å². The van der Waals surface area contributed by atoms with Gasteiger partial charge in [0, 0.05) is 7.11 Å². The molecule has 1 N–H and O–H groups in total. The second kappa shape index (κ2) is 3.14. The second-order valence-corrected chi connectivity index (χ2v) is 3.29. The van der Waals surface area contributed by atoms with E-state index in [-0.39, 0.29) is 5.75 Å². The predicted molar refractivity (Wildman–Crippen MR) is 32.9 cm³/mol. The van der Waals surface area contributed by atoms with E-state index >= 15 is 0 Å². The molecule has 0 radical (unpaired) electrons. The molecule has 0 aromatic rings. The van der Waals surface area contributed by atoms with Crippen molar-refractivity contribution in [2.45, 2.75) is 13.0 Å². The van der Waals surface area contributed by atoms with E-state index < -0.39 is 16.2 Å².